The molecular formula is C21H25N5O2S. The van der Waals surface area contributed by atoms with E-state index >= 15 is 0 Å². The summed E-state index contributed by atoms with van der Waals surface area (Å²) in [5.41, 5.74) is 2.27. The van der Waals surface area contributed by atoms with Gasteiger partial charge in [-0.25, -0.2) is 4.68 Å². The summed E-state index contributed by atoms with van der Waals surface area (Å²) in [6.07, 6.45) is 2.36. The van der Waals surface area contributed by atoms with Crippen LogP contribution in [0.4, 0.5) is 0 Å². The van der Waals surface area contributed by atoms with Crippen molar-refractivity contribution in [3.63, 3.8) is 0 Å². The van der Waals surface area contributed by atoms with E-state index in [1.807, 2.05) is 40.9 Å². The molecule has 29 heavy (non-hydrogen) atoms. The molecule has 4 heterocycles. The van der Waals surface area contributed by atoms with Crippen LogP contribution in [0, 0.1) is 12.8 Å². The van der Waals surface area contributed by atoms with Gasteiger partial charge >= 0.3 is 0 Å². The van der Waals surface area contributed by atoms with Crippen molar-refractivity contribution < 1.29 is 4.79 Å². The van der Waals surface area contributed by atoms with Crippen LogP contribution in [-0.2, 0) is 6.54 Å². The number of aromatic nitrogens is 4. The van der Waals surface area contributed by atoms with Crippen molar-refractivity contribution >= 4 is 17.2 Å². The van der Waals surface area contributed by atoms with Crippen molar-refractivity contribution in [2.75, 3.05) is 13.1 Å². The molecule has 1 aliphatic rings. The van der Waals surface area contributed by atoms with Crippen molar-refractivity contribution in [1.82, 2.24) is 24.5 Å². The number of piperidine rings is 1. The summed E-state index contributed by atoms with van der Waals surface area (Å²) in [4.78, 5) is 28.4. The molecular weight excluding hydrogens is 386 g/mol. The highest BCUT2D eigenvalue weighted by Crippen LogP contribution is 2.29. The average molecular weight is 412 g/mol. The molecule has 0 aliphatic carbocycles. The number of thiophene rings is 1. The number of carbonyl (C=O) groups excluding carboxylic acids is 1. The van der Waals surface area contributed by atoms with Crippen LogP contribution in [0.5, 0.6) is 0 Å². The monoisotopic (exact) mass is 411 g/mol. The van der Waals surface area contributed by atoms with E-state index in [0.29, 0.717) is 25.1 Å². The molecule has 0 aromatic carbocycles. The van der Waals surface area contributed by atoms with Crippen LogP contribution in [0.25, 0.3) is 10.6 Å². The van der Waals surface area contributed by atoms with Crippen molar-refractivity contribution in [2.24, 2.45) is 5.92 Å². The number of nitrogens with zero attached hydrogens (tertiary/aromatic N) is 5. The van der Waals surface area contributed by atoms with Gasteiger partial charge in [0.25, 0.3) is 11.5 Å². The second-order valence-corrected chi connectivity index (χ2v) is 8.47. The van der Waals surface area contributed by atoms with Crippen molar-refractivity contribution in [3.05, 3.63) is 57.5 Å². The molecule has 0 spiro atoms. The van der Waals surface area contributed by atoms with E-state index in [1.165, 1.54) is 0 Å². The first-order chi connectivity index (χ1) is 14.0. The number of hydrogen-bond donors (Lipinski definition) is 0. The van der Waals surface area contributed by atoms with Crippen LogP contribution in [-0.4, -0.2) is 43.5 Å². The van der Waals surface area contributed by atoms with E-state index in [4.69, 9.17) is 0 Å². The third-order valence-electron chi connectivity index (χ3n) is 5.69. The number of rotatable bonds is 4. The van der Waals surface area contributed by atoms with E-state index in [0.717, 1.165) is 22.8 Å². The Morgan fingerprint density at radius 3 is 2.79 bits per heavy atom. The van der Waals surface area contributed by atoms with Crippen molar-refractivity contribution in [3.8, 4) is 10.6 Å². The second-order valence-electron chi connectivity index (χ2n) is 7.52. The number of carbonyl (C=O) groups is 1. The minimum absolute atomic E-state index is 0.0140. The first-order valence-electron chi connectivity index (χ1n) is 9.95. The van der Waals surface area contributed by atoms with Gasteiger partial charge in [0, 0.05) is 31.4 Å². The highest BCUT2D eigenvalue weighted by Gasteiger charge is 2.32. The third kappa shape index (κ3) is 3.64. The molecule has 4 rings (SSSR count). The minimum atomic E-state index is -0.0954. The van der Waals surface area contributed by atoms with Gasteiger partial charge in [0.2, 0.25) is 0 Å². The molecule has 1 amide bonds. The lowest BCUT2D eigenvalue weighted by atomic mass is 9.93. The van der Waals surface area contributed by atoms with Gasteiger partial charge in [-0.3, -0.25) is 14.3 Å². The molecule has 1 fully saturated rings. The highest BCUT2D eigenvalue weighted by molar-refractivity contribution is 7.13. The molecule has 1 saturated heterocycles. The average Bonchev–Trinajstić information content (AvgIpc) is 3.38. The Bertz CT molecular complexity index is 1070. The molecule has 0 N–H and O–H groups in total. The van der Waals surface area contributed by atoms with Crippen molar-refractivity contribution in [1.29, 1.82) is 0 Å². The van der Waals surface area contributed by atoms with Crippen LogP contribution in [0.3, 0.4) is 0 Å². The fourth-order valence-electron chi connectivity index (χ4n) is 4.05. The van der Waals surface area contributed by atoms with Gasteiger partial charge in [0.1, 0.15) is 5.69 Å². The standard InChI is InChI=1S/C21H25N5O2S/c1-4-25-15(3)16(12-22-25)21(28)24-10-9-18(14(2)13-24)26-20(27)8-7-17(23-26)19-6-5-11-29-19/h5-8,11-12,14,18H,4,9-10,13H2,1-3H3/t14-,18-/m1/s1. The van der Waals surface area contributed by atoms with E-state index in [-0.39, 0.29) is 23.4 Å². The van der Waals surface area contributed by atoms with Gasteiger partial charge in [-0.2, -0.15) is 10.2 Å². The smallest absolute Gasteiger partial charge is 0.267 e. The Labute approximate surface area is 173 Å². The Hall–Kier alpha value is -2.74. The normalized spacial score (nSPS) is 19.5. The first kappa shape index (κ1) is 19.6. The van der Waals surface area contributed by atoms with Crippen LogP contribution >= 0.6 is 11.3 Å². The maximum absolute atomic E-state index is 13.0. The zero-order valence-electron chi connectivity index (χ0n) is 16.9. The van der Waals surface area contributed by atoms with Crippen LogP contribution < -0.4 is 5.56 Å². The molecule has 1 aliphatic heterocycles. The summed E-state index contributed by atoms with van der Waals surface area (Å²) in [6, 6.07) is 7.33. The molecule has 3 aromatic rings. The molecule has 7 nitrogen and oxygen atoms in total. The lowest BCUT2D eigenvalue weighted by molar-refractivity contribution is 0.0607. The first-order valence-corrected chi connectivity index (χ1v) is 10.8. The van der Waals surface area contributed by atoms with Gasteiger partial charge in [-0.15, -0.1) is 11.3 Å². The van der Waals surface area contributed by atoms with Crippen LogP contribution in [0.2, 0.25) is 0 Å². The number of aryl methyl sites for hydroxylation is 1. The molecule has 0 saturated carbocycles. The van der Waals surface area contributed by atoms with Gasteiger partial charge < -0.3 is 4.90 Å². The zero-order valence-corrected chi connectivity index (χ0v) is 17.7. The Kier molecular flexibility index (Phi) is 5.36. The predicted octanol–water partition coefficient (Wildman–Crippen LogP) is 3.22. The van der Waals surface area contributed by atoms with Gasteiger partial charge in [0.15, 0.2) is 0 Å². The van der Waals surface area contributed by atoms with E-state index in [9.17, 15) is 9.59 Å². The van der Waals surface area contributed by atoms with E-state index < -0.39 is 0 Å². The fraction of sp³-hybridized carbons (Fsp3) is 0.429. The number of amides is 1. The van der Waals surface area contributed by atoms with Gasteiger partial charge in [0.05, 0.1) is 22.7 Å². The van der Waals surface area contributed by atoms with Gasteiger partial charge in [-0.1, -0.05) is 13.0 Å². The Morgan fingerprint density at radius 1 is 1.31 bits per heavy atom. The summed E-state index contributed by atoms with van der Waals surface area (Å²) >= 11 is 1.61. The van der Waals surface area contributed by atoms with E-state index in [2.05, 4.69) is 17.1 Å². The molecule has 152 valence electrons. The third-order valence-corrected chi connectivity index (χ3v) is 6.59. The summed E-state index contributed by atoms with van der Waals surface area (Å²) in [6.45, 7) is 7.96. The molecule has 3 aromatic heterocycles. The SMILES string of the molecule is CCn1ncc(C(=O)N2CC[C@@H](n3nc(-c4cccs4)ccc3=O)[C@H](C)C2)c1C. The predicted molar refractivity (Wildman–Crippen MR) is 113 cm³/mol. The molecule has 0 unspecified atom stereocenters. The van der Waals surface area contributed by atoms with Crippen LogP contribution in [0.1, 0.15) is 42.4 Å². The maximum Gasteiger partial charge on any atom is 0.267 e. The van der Waals surface area contributed by atoms with Crippen LogP contribution in [0.15, 0.2) is 40.6 Å². The molecule has 2 atom stereocenters. The Morgan fingerprint density at radius 2 is 2.14 bits per heavy atom. The lowest BCUT2D eigenvalue weighted by Gasteiger charge is -2.37. The minimum Gasteiger partial charge on any atom is -0.338 e. The number of hydrogen-bond acceptors (Lipinski definition) is 5. The lowest BCUT2D eigenvalue weighted by Crippen LogP contribution is -2.45. The molecule has 0 radical (unpaired) electrons. The summed E-state index contributed by atoms with van der Waals surface area (Å²) in [5.74, 6) is 0.137. The van der Waals surface area contributed by atoms with Gasteiger partial charge in [-0.05, 0) is 43.7 Å². The quantitative estimate of drug-likeness (QED) is 0.661. The number of likely N-dealkylation sites (tertiary alicyclic amines) is 1. The zero-order chi connectivity index (χ0) is 20.5. The molecule has 8 heteroatoms. The molecule has 0 bridgehead atoms. The fourth-order valence-corrected chi connectivity index (χ4v) is 4.74. The summed E-state index contributed by atoms with van der Waals surface area (Å²) in [7, 11) is 0. The van der Waals surface area contributed by atoms with E-state index in [1.54, 1.807) is 34.3 Å². The largest absolute Gasteiger partial charge is 0.338 e. The summed E-state index contributed by atoms with van der Waals surface area (Å²) in [5, 5.41) is 10.9. The second kappa shape index (κ2) is 7.94. The Balaban J connectivity index is 1.54. The van der Waals surface area contributed by atoms with Crippen molar-refractivity contribution in [2.45, 2.75) is 39.8 Å². The maximum atomic E-state index is 13.0. The summed E-state index contributed by atoms with van der Waals surface area (Å²) < 4.78 is 3.45. The highest BCUT2D eigenvalue weighted by atomic mass is 32.1. The topological polar surface area (TPSA) is 73.0 Å².